The molecule has 104 valence electrons. The summed E-state index contributed by atoms with van der Waals surface area (Å²) in [6, 6.07) is 5.49. The first-order valence-corrected chi connectivity index (χ1v) is 5.64. The first-order chi connectivity index (χ1) is 9.49. The Morgan fingerprint density at radius 2 is 1.95 bits per heavy atom. The zero-order chi connectivity index (χ0) is 14.7. The van der Waals surface area contributed by atoms with E-state index in [9.17, 15) is 19.7 Å². The fourth-order valence-electron chi connectivity index (χ4n) is 1.54. The van der Waals surface area contributed by atoms with Crippen molar-refractivity contribution in [3.63, 3.8) is 0 Å². The van der Waals surface area contributed by atoms with E-state index in [1.807, 2.05) is 0 Å². The van der Waals surface area contributed by atoms with Crippen LogP contribution in [0.4, 0.5) is 5.69 Å². The topological polar surface area (TPSA) is 107 Å². The minimum absolute atomic E-state index is 0.0404. The van der Waals surface area contributed by atoms with Crippen LogP contribution in [0.5, 0.6) is 5.75 Å². The minimum Gasteiger partial charge on any atom is -0.489 e. The van der Waals surface area contributed by atoms with Gasteiger partial charge in [0.25, 0.3) is 11.2 Å². The van der Waals surface area contributed by atoms with Crippen molar-refractivity contribution < 1.29 is 9.66 Å². The predicted octanol–water partition coefficient (Wildman–Crippen LogP) is 0.561. The molecule has 1 heterocycles. The van der Waals surface area contributed by atoms with Crippen LogP contribution in [0.25, 0.3) is 0 Å². The zero-order valence-electron chi connectivity index (χ0n) is 10.5. The molecule has 0 aliphatic carbocycles. The summed E-state index contributed by atoms with van der Waals surface area (Å²) in [5.41, 5.74) is -0.715. The highest BCUT2D eigenvalue weighted by Gasteiger charge is 2.07. The summed E-state index contributed by atoms with van der Waals surface area (Å²) in [6.45, 7) is -0.0404. The molecule has 0 bridgehead atoms. The maximum atomic E-state index is 11.7. The van der Waals surface area contributed by atoms with E-state index in [4.69, 9.17) is 4.74 Å². The molecule has 8 heteroatoms. The molecule has 2 rings (SSSR count). The van der Waals surface area contributed by atoms with Crippen LogP contribution in [-0.2, 0) is 13.7 Å². The number of ether oxygens (including phenoxy) is 1. The first kappa shape index (κ1) is 13.5. The summed E-state index contributed by atoms with van der Waals surface area (Å²) in [4.78, 5) is 35.3. The number of rotatable bonds is 4. The van der Waals surface area contributed by atoms with E-state index in [1.165, 1.54) is 37.5 Å². The van der Waals surface area contributed by atoms with Gasteiger partial charge in [0.1, 0.15) is 12.4 Å². The lowest BCUT2D eigenvalue weighted by molar-refractivity contribution is -0.384. The summed E-state index contributed by atoms with van der Waals surface area (Å²) >= 11 is 0. The van der Waals surface area contributed by atoms with Crippen LogP contribution < -0.4 is 16.0 Å². The van der Waals surface area contributed by atoms with E-state index in [2.05, 4.69) is 4.98 Å². The summed E-state index contributed by atoms with van der Waals surface area (Å²) < 4.78 is 6.28. The third kappa shape index (κ3) is 2.74. The number of hydrogen-bond donors (Lipinski definition) is 1. The van der Waals surface area contributed by atoms with Gasteiger partial charge < -0.3 is 9.72 Å². The third-order valence-corrected chi connectivity index (χ3v) is 2.70. The van der Waals surface area contributed by atoms with Gasteiger partial charge in [0.05, 0.1) is 10.5 Å². The Kier molecular flexibility index (Phi) is 3.65. The van der Waals surface area contributed by atoms with Gasteiger partial charge in [-0.3, -0.25) is 19.5 Å². The average Bonchev–Trinajstić information content (AvgIpc) is 2.44. The Hall–Kier alpha value is -2.90. The van der Waals surface area contributed by atoms with Gasteiger partial charge in [0.15, 0.2) is 0 Å². The average molecular weight is 277 g/mol. The first-order valence-electron chi connectivity index (χ1n) is 5.64. The van der Waals surface area contributed by atoms with Gasteiger partial charge in [-0.15, -0.1) is 0 Å². The maximum Gasteiger partial charge on any atom is 0.328 e. The smallest absolute Gasteiger partial charge is 0.328 e. The molecule has 0 fully saturated rings. The second-order valence-electron chi connectivity index (χ2n) is 4.02. The lowest BCUT2D eigenvalue weighted by Crippen LogP contribution is -2.34. The highest BCUT2D eigenvalue weighted by molar-refractivity contribution is 5.36. The Morgan fingerprint density at radius 3 is 2.55 bits per heavy atom. The van der Waals surface area contributed by atoms with Gasteiger partial charge in [-0.05, 0) is 12.1 Å². The van der Waals surface area contributed by atoms with Crippen molar-refractivity contribution in [3.8, 4) is 5.75 Å². The number of nitro groups is 1. The molecule has 20 heavy (non-hydrogen) atoms. The molecule has 0 aliphatic heterocycles. The van der Waals surface area contributed by atoms with Crippen molar-refractivity contribution in [2.45, 2.75) is 6.61 Å². The summed E-state index contributed by atoms with van der Waals surface area (Å²) in [5, 5.41) is 10.5. The molecule has 2 aromatic rings. The number of benzene rings is 1. The van der Waals surface area contributed by atoms with Crippen molar-refractivity contribution in [1.29, 1.82) is 0 Å². The molecular formula is C12H11N3O5. The zero-order valence-corrected chi connectivity index (χ0v) is 10.5. The molecule has 0 saturated heterocycles. The molecule has 0 atom stereocenters. The fourth-order valence-corrected chi connectivity index (χ4v) is 1.54. The Balaban J connectivity index is 2.13. The maximum absolute atomic E-state index is 11.7. The van der Waals surface area contributed by atoms with Gasteiger partial charge >= 0.3 is 5.69 Å². The highest BCUT2D eigenvalue weighted by atomic mass is 16.6. The Bertz CT molecular complexity index is 745. The number of nitrogens with zero attached hydrogens (tertiary/aromatic N) is 2. The molecule has 1 aromatic heterocycles. The molecule has 0 radical (unpaired) electrons. The molecule has 0 spiro atoms. The van der Waals surface area contributed by atoms with Crippen molar-refractivity contribution in [2.24, 2.45) is 7.05 Å². The number of nitrogens with one attached hydrogen (secondary N) is 1. The van der Waals surface area contributed by atoms with Crippen LogP contribution in [0.1, 0.15) is 5.56 Å². The summed E-state index contributed by atoms with van der Waals surface area (Å²) in [7, 11) is 1.36. The van der Waals surface area contributed by atoms with E-state index >= 15 is 0 Å². The number of non-ortho nitro benzene ring substituents is 1. The lowest BCUT2D eigenvalue weighted by Gasteiger charge is -2.06. The van der Waals surface area contributed by atoms with Crippen LogP contribution in [0.2, 0.25) is 0 Å². The standard InChI is InChI=1S/C12H11N3O5/c1-14-11(16)8(6-13-12(14)17)7-20-10-4-2-9(3-5-10)15(18)19/h2-6H,7H2,1H3,(H,13,17). The van der Waals surface area contributed by atoms with Crippen molar-refractivity contribution in [1.82, 2.24) is 9.55 Å². The second kappa shape index (κ2) is 5.39. The molecule has 1 N–H and O–H groups in total. The van der Waals surface area contributed by atoms with Gasteiger partial charge in [-0.1, -0.05) is 0 Å². The normalized spacial score (nSPS) is 10.2. The molecule has 0 amide bonds. The number of aromatic nitrogens is 2. The van der Waals surface area contributed by atoms with Crippen molar-refractivity contribution in [3.05, 3.63) is 67.0 Å². The molecule has 0 unspecified atom stereocenters. The Morgan fingerprint density at radius 1 is 1.30 bits per heavy atom. The largest absolute Gasteiger partial charge is 0.489 e. The number of H-pyrrole nitrogens is 1. The van der Waals surface area contributed by atoms with Gasteiger partial charge in [0, 0.05) is 25.4 Å². The monoisotopic (exact) mass is 277 g/mol. The van der Waals surface area contributed by atoms with Crippen molar-refractivity contribution in [2.75, 3.05) is 0 Å². The van der Waals surface area contributed by atoms with Gasteiger partial charge in [-0.25, -0.2) is 4.79 Å². The lowest BCUT2D eigenvalue weighted by atomic mass is 10.3. The molecular weight excluding hydrogens is 266 g/mol. The molecule has 1 aromatic carbocycles. The SMILES string of the molecule is Cn1c(=O)[nH]cc(COc2ccc([N+](=O)[O-])cc2)c1=O. The van der Waals surface area contributed by atoms with Crippen molar-refractivity contribution >= 4 is 5.69 Å². The van der Waals surface area contributed by atoms with E-state index in [0.717, 1.165) is 4.57 Å². The highest BCUT2D eigenvalue weighted by Crippen LogP contribution is 2.17. The third-order valence-electron chi connectivity index (χ3n) is 2.70. The second-order valence-corrected chi connectivity index (χ2v) is 4.02. The molecule has 0 saturated carbocycles. The van der Waals surface area contributed by atoms with Crippen LogP contribution >= 0.6 is 0 Å². The van der Waals surface area contributed by atoms with E-state index < -0.39 is 16.2 Å². The van der Waals surface area contributed by atoms with Crippen LogP contribution in [-0.4, -0.2) is 14.5 Å². The van der Waals surface area contributed by atoms with E-state index in [0.29, 0.717) is 5.75 Å². The Labute approximate surface area is 112 Å². The van der Waals surface area contributed by atoms with Crippen LogP contribution in [0.15, 0.2) is 40.1 Å². The van der Waals surface area contributed by atoms with E-state index in [-0.39, 0.29) is 17.9 Å². The van der Waals surface area contributed by atoms with Crippen LogP contribution in [0, 0.1) is 10.1 Å². The summed E-state index contributed by atoms with van der Waals surface area (Å²) in [5.74, 6) is 0.392. The molecule has 0 aliphatic rings. The number of hydrogen-bond acceptors (Lipinski definition) is 5. The quantitative estimate of drug-likeness (QED) is 0.649. The minimum atomic E-state index is -0.512. The number of nitro benzene ring substituents is 1. The predicted molar refractivity (Wildman–Crippen MR) is 69.7 cm³/mol. The summed E-state index contributed by atoms with van der Waals surface area (Å²) in [6.07, 6.45) is 1.29. The van der Waals surface area contributed by atoms with Gasteiger partial charge in [0.2, 0.25) is 0 Å². The fraction of sp³-hybridized carbons (Fsp3) is 0.167. The van der Waals surface area contributed by atoms with E-state index in [1.54, 1.807) is 0 Å². The molecule has 8 nitrogen and oxygen atoms in total. The van der Waals surface area contributed by atoms with Crippen LogP contribution in [0.3, 0.4) is 0 Å². The van der Waals surface area contributed by atoms with Gasteiger partial charge in [-0.2, -0.15) is 0 Å². The number of aromatic amines is 1.